The Kier molecular flexibility index (Phi) is 3.19. The monoisotopic (exact) mass is 235 g/mol. The number of hydrogen-bond acceptors (Lipinski definition) is 2. The molecule has 0 heterocycles. The molecule has 15 heavy (non-hydrogen) atoms. The van der Waals surface area contributed by atoms with Crippen LogP contribution >= 0.6 is 23.4 Å². The molecule has 2 aromatic carbocycles. The van der Waals surface area contributed by atoms with E-state index in [9.17, 15) is 0 Å². The molecule has 0 aliphatic heterocycles. The molecule has 0 radical (unpaired) electrons. The fraction of sp³-hybridized carbons (Fsp3) is 0. The Bertz CT molecular complexity index is 456. The van der Waals surface area contributed by atoms with E-state index in [1.807, 2.05) is 42.5 Å². The fourth-order valence-electron chi connectivity index (χ4n) is 1.21. The number of hydrogen-bond donors (Lipinski definition) is 1. The van der Waals surface area contributed by atoms with Crippen LogP contribution < -0.4 is 5.73 Å². The van der Waals surface area contributed by atoms with Crippen LogP contribution in [0, 0.1) is 0 Å². The quantitative estimate of drug-likeness (QED) is 0.794. The van der Waals surface area contributed by atoms with Gasteiger partial charge in [0.2, 0.25) is 0 Å². The molecule has 2 rings (SSSR count). The standard InChI is InChI=1S/C12H10ClNS/c13-9-6-7-11(14)12(8-9)15-10-4-2-1-3-5-10/h1-8H,14H2. The Labute approximate surface area is 98.3 Å². The van der Waals surface area contributed by atoms with Gasteiger partial charge in [0.05, 0.1) is 0 Å². The Morgan fingerprint density at radius 1 is 1.00 bits per heavy atom. The van der Waals surface area contributed by atoms with Crippen molar-refractivity contribution in [1.82, 2.24) is 0 Å². The van der Waals surface area contributed by atoms with Crippen LogP contribution in [0.1, 0.15) is 0 Å². The second-order valence-corrected chi connectivity index (χ2v) is 4.65. The number of halogens is 1. The molecule has 0 fully saturated rings. The molecule has 0 atom stereocenters. The van der Waals surface area contributed by atoms with Crippen LogP contribution in [0.15, 0.2) is 58.3 Å². The minimum atomic E-state index is 0.711. The maximum atomic E-state index is 5.91. The number of rotatable bonds is 2. The van der Waals surface area contributed by atoms with Crippen molar-refractivity contribution in [2.24, 2.45) is 0 Å². The van der Waals surface area contributed by atoms with Crippen LogP contribution in [-0.4, -0.2) is 0 Å². The van der Waals surface area contributed by atoms with E-state index in [-0.39, 0.29) is 0 Å². The molecule has 0 spiro atoms. The van der Waals surface area contributed by atoms with Gasteiger partial charge in [-0.2, -0.15) is 0 Å². The van der Waals surface area contributed by atoms with Crippen molar-refractivity contribution in [3.8, 4) is 0 Å². The van der Waals surface area contributed by atoms with Gasteiger partial charge in [0, 0.05) is 20.5 Å². The first-order valence-corrected chi connectivity index (χ1v) is 5.73. The minimum absolute atomic E-state index is 0.711. The van der Waals surface area contributed by atoms with Gasteiger partial charge in [0.1, 0.15) is 0 Å². The van der Waals surface area contributed by atoms with Gasteiger partial charge >= 0.3 is 0 Å². The first kappa shape index (κ1) is 10.4. The Hall–Kier alpha value is -1.12. The molecular weight excluding hydrogens is 226 g/mol. The van der Waals surface area contributed by atoms with Crippen molar-refractivity contribution in [1.29, 1.82) is 0 Å². The summed E-state index contributed by atoms with van der Waals surface area (Å²) in [6.45, 7) is 0. The first-order chi connectivity index (χ1) is 7.25. The van der Waals surface area contributed by atoms with Gasteiger partial charge in [-0.3, -0.25) is 0 Å². The van der Waals surface area contributed by atoms with Crippen molar-refractivity contribution in [2.45, 2.75) is 9.79 Å². The third kappa shape index (κ3) is 2.67. The maximum absolute atomic E-state index is 5.91. The van der Waals surface area contributed by atoms with Crippen LogP contribution in [0.4, 0.5) is 5.69 Å². The number of anilines is 1. The average molecular weight is 236 g/mol. The van der Waals surface area contributed by atoms with Crippen molar-refractivity contribution >= 4 is 29.1 Å². The second-order valence-electron chi connectivity index (χ2n) is 3.10. The summed E-state index contributed by atoms with van der Waals surface area (Å²) in [6, 6.07) is 15.6. The molecule has 0 saturated heterocycles. The molecule has 0 bridgehead atoms. The molecule has 0 aliphatic rings. The summed E-state index contributed by atoms with van der Waals surface area (Å²) in [4.78, 5) is 2.15. The van der Waals surface area contributed by atoms with Gasteiger partial charge in [-0.25, -0.2) is 0 Å². The summed E-state index contributed by atoms with van der Waals surface area (Å²) in [7, 11) is 0. The molecular formula is C12H10ClNS. The zero-order valence-corrected chi connectivity index (χ0v) is 9.55. The average Bonchev–Trinajstić information content (AvgIpc) is 2.25. The zero-order valence-electron chi connectivity index (χ0n) is 7.98. The Morgan fingerprint density at radius 2 is 1.73 bits per heavy atom. The minimum Gasteiger partial charge on any atom is -0.398 e. The molecule has 0 aliphatic carbocycles. The Morgan fingerprint density at radius 3 is 2.47 bits per heavy atom. The summed E-state index contributed by atoms with van der Waals surface area (Å²) in [5.41, 5.74) is 6.62. The summed E-state index contributed by atoms with van der Waals surface area (Å²) >= 11 is 7.53. The largest absolute Gasteiger partial charge is 0.398 e. The lowest BCUT2D eigenvalue weighted by Gasteiger charge is -2.05. The third-order valence-electron chi connectivity index (χ3n) is 1.95. The van der Waals surface area contributed by atoms with Gasteiger partial charge in [0.15, 0.2) is 0 Å². The highest BCUT2D eigenvalue weighted by molar-refractivity contribution is 7.99. The van der Waals surface area contributed by atoms with E-state index in [0.717, 1.165) is 15.5 Å². The van der Waals surface area contributed by atoms with Crippen molar-refractivity contribution in [3.63, 3.8) is 0 Å². The van der Waals surface area contributed by atoms with Gasteiger partial charge in [-0.15, -0.1) is 0 Å². The van der Waals surface area contributed by atoms with E-state index < -0.39 is 0 Å². The van der Waals surface area contributed by atoms with Gasteiger partial charge in [-0.1, -0.05) is 41.6 Å². The predicted octanol–water partition coefficient (Wildman–Crippen LogP) is 4.07. The molecule has 0 amide bonds. The summed E-state index contributed by atoms with van der Waals surface area (Å²) in [5.74, 6) is 0. The van der Waals surface area contributed by atoms with E-state index in [0.29, 0.717) is 5.02 Å². The van der Waals surface area contributed by atoms with Gasteiger partial charge in [0.25, 0.3) is 0 Å². The van der Waals surface area contributed by atoms with E-state index in [4.69, 9.17) is 17.3 Å². The second kappa shape index (κ2) is 4.60. The fourth-order valence-corrected chi connectivity index (χ4v) is 2.37. The van der Waals surface area contributed by atoms with Gasteiger partial charge < -0.3 is 5.73 Å². The molecule has 1 nitrogen and oxygen atoms in total. The van der Waals surface area contributed by atoms with Crippen LogP contribution in [0.25, 0.3) is 0 Å². The van der Waals surface area contributed by atoms with Crippen molar-refractivity contribution in [2.75, 3.05) is 5.73 Å². The van der Waals surface area contributed by atoms with E-state index >= 15 is 0 Å². The van der Waals surface area contributed by atoms with E-state index in [1.54, 1.807) is 17.8 Å². The van der Waals surface area contributed by atoms with E-state index in [1.165, 1.54) is 0 Å². The lowest BCUT2D eigenvalue weighted by Crippen LogP contribution is -1.87. The highest BCUT2D eigenvalue weighted by Crippen LogP contribution is 2.33. The molecule has 0 unspecified atom stereocenters. The molecule has 3 heteroatoms. The third-order valence-corrected chi connectivity index (χ3v) is 3.26. The van der Waals surface area contributed by atoms with Crippen molar-refractivity contribution < 1.29 is 0 Å². The summed E-state index contributed by atoms with van der Waals surface area (Å²) in [5, 5.41) is 0.711. The number of benzene rings is 2. The van der Waals surface area contributed by atoms with Crippen LogP contribution in [0.2, 0.25) is 5.02 Å². The first-order valence-electron chi connectivity index (χ1n) is 4.53. The summed E-state index contributed by atoms with van der Waals surface area (Å²) in [6.07, 6.45) is 0. The molecule has 2 aromatic rings. The number of nitrogens with two attached hydrogens (primary N) is 1. The summed E-state index contributed by atoms with van der Waals surface area (Å²) < 4.78 is 0. The van der Waals surface area contributed by atoms with Crippen LogP contribution in [0.5, 0.6) is 0 Å². The lowest BCUT2D eigenvalue weighted by molar-refractivity contribution is 1.41. The molecule has 76 valence electrons. The molecule has 0 saturated carbocycles. The molecule has 2 N–H and O–H groups in total. The van der Waals surface area contributed by atoms with Crippen molar-refractivity contribution in [3.05, 3.63) is 53.6 Å². The Balaban J connectivity index is 2.28. The lowest BCUT2D eigenvalue weighted by atomic mass is 10.3. The normalized spacial score (nSPS) is 10.2. The number of nitrogen functional groups attached to an aromatic ring is 1. The highest BCUT2D eigenvalue weighted by Gasteiger charge is 2.02. The molecule has 0 aromatic heterocycles. The predicted molar refractivity (Wildman–Crippen MR) is 66.4 cm³/mol. The van der Waals surface area contributed by atoms with Crippen LogP contribution in [-0.2, 0) is 0 Å². The maximum Gasteiger partial charge on any atom is 0.0456 e. The van der Waals surface area contributed by atoms with Gasteiger partial charge in [-0.05, 0) is 30.3 Å². The highest BCUT2D eigenvalue weighted by atomic mass is 35.5. The topological polar surface area (TPSA) is 26.0 Å². The van der Waals surface area contributed by atoms with E-state index in [2.05, 4.69) is 0 Å². The van der Waals surface area contributed by atoms with Crippen LogP contribution in [0.3, 0.4) is 0 Å². The SMILES string of the molecule is Nc1ccc(Cl)cc1Sc1ccccc1. The smallest absolute Gasteiger partial charge is 0.0456 e. The zero-order chi connectivity index (χ0) is 10.7.